The van der Waals surface area contributed by atoms with Gasteiger partial charge in [-0.05, 0) is 24.6 Å². The lowest BCUT2D eigenvalue weighted by Gasteiger charge is -2.26. The fourth-order valence-corrected chi connectivity index (χ4v) is 3.57. The van der Waals surface area contributed by atoms with E-state index in [1.165, 1.54) is 5.56 Å². The molecule has 0 aliphatic carbocycles. The number of benzene rings is 2. The number of hydrogen-bond acceptors (Lipinski definition) is 3. The molecule has 0 spiro atoms. The van der Waals surface area contributed by atoms with Crippen molar-refractivity contribution in [3.8, 4) is 0 Å². The Bertz CT molecular complexity index is 901. The van der Waals surface area contributed by atoms with Crippen LogP contribution in [0.15, 0.2) is 65.1 Å². The van der Waals surface area contributed by atoms with E-state index in [9.17, 15) is 4.79 Å². The minimum absolute atomic E-state index is 0.0970. The molecule has 2 heterocycles. The van der Waals surface area contributed by atoms with Gasteiger partial charge < -0.3 is 9.73 Å². The van der Waals surface area contributed by atoms with E-state index >= 15 is 0 Å². The van der Waals surface area contributed by atoms with Crippen LogP contribution in [0.4, 0.5) is 5.69 Å². The van der Waals surface area contributed by atoms with Crippen LogP contribution in [-0.4, -0.2) is 17.4 Å². The van der Waals surface area contributed by atoms with Crippen LogP contribution in [-0.2, 0) is 19.5 Å². The SMILES string of the molecule is Cc1oc2c(c1C(=O)Nc1ccccc1)CN(Cc1ccccc1)CC2. The quantitative estimate of drug-likeness (QED) is 0.762. The highest BCUT2D eigenvalue weighted by molar-refractivity contribution is 6.06. The number of carbonyl (C=O) groups is 1. The van der Waals surface area contributed by atoms with Gasteiger partial charge in [-0.2, -0.15) is 0 Å². The van der Waals surface area contributed by atoms with Gasteiger partial charge in [-0.1, -0.05) is 48.5 Å². The van der Waals surface area contributed by atoms with Gasteiger partial charge in [0.2, 0.25) is 0 Å². The molecule has 0 radical (unpaired) electrons. The second-order valence-electron chi connectivity index (χ2n) is 6.70. The molecule has 4 heteroatoms. The van der Waals surface area contributed by atoms with Gasteiger partial charge in [0.15, 0.2) is 0 Å². The van der Waals surface area contributed by atoms with Crippen molar-refractivity contribution in [1.82, 2.24) is 4.90 Å². The average molecular weight is 346 g/mol. The van der Waals surface area contributed by atoms with Gasteiger partial charge in [-0.3, -0.25) is 9.69 Å². The van der Waals surface area contributed by atoms with E-state index in [1.54, 1.807) is 0 Å². The monoisotopic (exact) mass is 346 g/mol. The summed E-state index contributed by atoms with van der Waals surface area (Å²) in [5.41, 5.74) is 3.79. The topological polar surface area (TPSA) is 45.5 Å². The average Bonchev–Trinajstić information content (AvgIpc) is 2.98. The predicted molar refractivity (Wildman–Crippen MR) is 102 cm³/mol. The van der Waals surface area contributed by atoms with Gasteiger partial charge >= 0.3 is 0 Å². The Hall–Kier alpha value is -2.85. The number of fused-ring (bicyclic) bond motifs is 1. The number of amides is 1. The van der Waals surface area contributed by atoms with Gasteiger partial charge in [0.25, 0.3) is 5.91 Å². The summed E-state index contributed by atoms with van der Waals surface area (Å²) < 4.78 is 5.91. The third kappa shape index (κ3) is 3.41. The van der Waals surface area contributed by atoms with E-state index in [1.807, 2.05) is 43.3 Å². The van der Waals surface area contributed by atoms with Crippen LogP contribution in [0.5, 0.6) is 0 Å². The van der Waals surface area contributed by atoms with Crippen molar-refractivity contribution in [3.05, 3.63) is 88.9 Å². The molecule has 0 atom stereocenters. The van der Waals surface area contributed by atoms with E-state index < -0.39 is 0 Å². The number of carbonyl (C=O) groups excluding carboxylic acids is 1. The second-order valence-corrected chi connectivity index (χ2v) is 6.70. The third-order valence-electron chi connectivity index (χ3n) is 4.81. The molecule has 0 unspecified atom stereocenters. The lowest BCUT2D eigenvalue weighted by molar-refractivity contribution is 0.102. The maximum Gasteiger partial charge on any atom is 0.259 e. The van der Waals surface area contributed by atoms with Crippen LogP contribution in [0.25, 0.3) is 0 Å². The Morgan fingerprint density at radius 2 is 1.77 bits per heavy atom. The summed E-state index contributed by atoms with van der Waals surface area (Å²) in [5, 5.41) is 2.98. The number of anilines is 1. The van der Waals surface area contributed by atoms with Crippen molar-refractivity contribution < 1.29 is 9.21 Å². The first kappa shape index (κ1) is 16.6. The van der Waals surface area contributed by atoms with Gasteiger partial charge in [0, 0.05) is 37.3 Å². The minimum atomic E-state index is -0.0970. The molecule has 0 saturated carbocycles. The number of aryl methyl sites for hydroxylation is 1. The molecular formula is C22H22N2O2. The zero-order valence-corrected chi connectivity index (χ0v) is 14.9. The summed E-state index contributed by atoms with van der Waals surface area (Å²) in [6, 6.07) is 20.0. The Kier molecular flexibility index (Phi) is 4.59. The van der Waals surface area contributed by atoms with Crippen molar-refractivity contribution in [1.29, 1.82) is 0 Å². The van der Waals surface area contributed by atoms with Crippen LogP contribution in [0, 0.1) is 6.92 Å². The highest BCUT2D eigenvalue weighted by atomic mass is 16.3. The maximum absolute atomic E-state index is 12.8. The Morgan fingerprint density at radius 1 is 1.08 bits per heavy atom. The molecule has 0 bridgehead atoms. The summed E-state index contributed by atoms with van der Waals surface area (Å²) in [4.78, 5) is 15.2. The first-order valence-electron chi connectivity index (χ1n) is 8.94. The van der Waals surface area contributed by atoms with Crippen LogP contribution in [0.3, 0.4) is 0 Å². The van der Waals surface area contributed by atoms with Crippen molar-refractivity contribution in [2.45, 2.75) is 26.4 Å². The zero-order chi connectivity index (χ0) is 17.9. The van der Waals surface area contributed by atoms with E-state index in [0.29, 0.717) is 11.3 Å². The highest BCUT2D eigenvalue weighted by Crippen LogP contribution is 2.29. The van der Waals surface area contributed by atoms with Crippen LogP contribution < -0.4 is 5.32 Å². The standard InChI is InChI=1S/C22H22N2O2/c1-16-21(22(25)23-18-10-6-3-7-11-18)19-15-24(13-12-20(19)26-16)14-17-8-4-2-5-9-17/h2-11H,12-15H2,1H3,(H,23,25). The number of hydrogen-bond donors (Lipinski definition) is 1. The second kappa shape index (κ2) is 7.18. The largest absolute Gasteiger partial charge is 0.465 e. The molecule has 0 fully saturated rings. The number of nitrogens with one attached hydrogen (secondary N) is 1. The van der Waals surface area contributed by atoms with Gasteiger partial charge in [-0.15, -0.1) is 0 Å². The van der Waals surface area contributed by atoms with Crippen LogP contribution in [0.2, 0.25) is 0 Å². The summed E-state index contributed by atoms with van der Waals surface area (Å²) in [6.07, 6.45) is 0.835. The fraction of sp³-hybridized carbons (Fsp3) is 0.227. The minimum Gasteiger partial charge on any atom is -0.465 e. The van der Waals surface area contributed by atoms with Gasteiger partial charge in [-0.25, -0.2) is 0 Å². The lowest BCUT2D eigenvalue weighted by Crippen LogP contribution is -2.30. The first-order valence-corrected chi connectivity index (χ1v) is 8.94. The van der Waals surface area contributed by atoms with Crippen molar-refractivity contribution in [3.63, 3.8) is 0 Å². The highest BCUT2D eigenvalue weighted by Gasteiger charge is 2.28. The molecule has 26 heavy (non-hydrogen) atoms. The molecular weight excluding hydrogens is 324 g/mol. The van der Waals surface area contributed by atoms with Crippen molar-refractivity contribution in [2.75, 3.05) is 11.9 Å². The smallest absolute Gasteiger partial charge is 0.259 e. The molecule has 132 valence electrons. The van der Waals surface area contributed by atoms with Crippen LogP contribution >= 0.6 is 0 Å². The molecule has 4 nitrogen and oxygen atoms in total. The summed E-state index contributed by atoms with van der Waals surface area (Å²) in [6.45, 7) is 4.43. The van der Waals surface area contributed by atoms with E-state index in [4.69, 9.17) is 4.42 Å². The molecule has 2 aromatic carbocycles. The summed E-state index contributed by atoms with van der Waals surface area (Å²) >= 11 is 0. The van der Waals surface area contributed by atoms with E-state index in [0.717, 1.165) is 43.1 Å². The molecule has 1 N–H and O–H groups in total. The normalized spacial score (nSPS) is 14.0. The number of furan rings is 1. The molecule has 4 rings (SSSR count). The Labute approximate surface area is 153 Å². The molecule has 1 amide bonds. The van der Waals surface area contributed by atoms with Crippen molar-refractivity contribution in [2.24, 2.45) is 0 Å². The zero-order valence-electron chi connectivity index (χ0n) is 14.9. The number of rotatable bonds is 4. The van der Waals surface area contributed by atoms with E-state index in [-0.39, 0.29) is 5.91 Å². The Morgan fingerprint density at radius 3 is 2.50 bits per heavy atom. The molecule has 1 aliphatic rings. The first-order chi connectivity index (χ1) is 12.7. The summed E-state index contributed by atoms with van der Waals surface area (Å²) in [5.74, 6) is 1.55. The molecule has 3 aromatic rings. The lowest BCUT2D eigenvalue weighted by atomic mass is 10.0. The maximum atomic E-state index is 12.8. The molecule has 1 aromatic heterocycles. The van der Waals surface area contributed by atoms with Crippen molar-refractivity contribution >= 4 is 11.6 Å². The van der Waals surface area contributed by atoms with E-state index in [2.05, 4.69) is 34.5 Å². The van der Waals surface area contributed by atoms with Crippen LogP contribution in [0.1, 0.15) is 33.0 Å². The number of para-hydroxylation sites is 1. The molecule has 0 saturated heterocycles. The fourth-order valence-electron chi connectivity index (χ4n) is 3.57. The molecule has 1 aliphatic heterocycles. The van der Waals surface area contributed by atoms with Gasteiger partial charge in [0.1, 0.15) is 11.5 Å². The Balaban J connectivity index is 1.55. The van der Waals surface area contributed by atoms with Gasteiger partial charge in [0.05, 0.1) is 5.56 Å². The summed E-state index contributed by atoms with van der Waals surface area (Å²) in [7, 11) is 0. The number of nitrogens with zero attached hydrogens (tertiary/aromatic N) is 1. The predicted octanol–water partition coefficient (Wildman–Crippen LogP) is 4.40. The third-order valence-corrected chi connectivity index (χ3v) is 4.81.